The van der Waals surface area contributed by atoms with Gasteiger partial charge in [-0.1, -0.05) is 18.2 Å². The third-order valence-electron chi connectivity index (χ3n) is 6.14. The molecule has 4 unspecified atom stereocenters. The maximum absolute atomic E-state index is 13.3. The molecule has 0 aliphatic carbocycles. The summed E-state index contributed by atoms with van der Waals surface area (Å²) in [7, 11) is 0. The lowest BCUT2D eigenvalue weighted by atomic mass is 10.0. The summed E-state index contributed by atoms with van der Waals surface area (Å²) in [5.74, 6) is -4.36. The molecule has 0 bridgehead atoms. The number of nitrogens with two attached hydrogens (primary N) is 3. The number of aliphatic carboxylic acids is 1. The number of rotatable bonds is 17. The molecule has 4 atom stereocenters. The van der Waals surface area contributed by atoms with Crippen LogP contribution >= 0.6 is 0 Å². The summed E-state index contributed by atoms with van der Waals surface area (Å²) in [4.78, 5) is 65.0. The van der Waals surface area contributed by atoms with Crippen LogP contribution in [0.2, 0.25) is 0 Å². The number of hydrogen-bond donors (Lipinski definition) is 9. The van der Waals surface area contributed by atoms with Gasteiger partial charge in [0, 0.05) is 29.9 Å². The second-order valence-corrected chi connectivity index (χ2v) is 9.16. The van der Waals surface area contributed by atoms with Crippen LogP contribution in [0.5, 0.6) is 0 Å². The fourth-order valence-electron chi connectivity index (χ4n) is 3.94. The van der Waals surface area contributed by atoms with Crippen LogP contribution in [0, 0.1) is 0 Å². The molecule has 39 heavy (non-hydrogen) atoms. The average molecular weight is 548 g/mol. The Kier molecular flexibility index (Phi) is 12.3. The minimum atomic E-state index is -1.32. The van der Waals surface area contributed by atoms with Crippen molar-refractivity contribution in [3.05, 3.63) is 36.0 Å². The first-order valence-corrected chi connectivity index (χ1v) is 12.6. The number of carboxylic acids is 1. The number of aliphatic hydroxyl groups excluding tert-OH is 1. The van der Waals surface area contributed by atoms with E-state index in [0.717, 1.165) is 10.9 Å². The summed E-state index contributed by atoms with van der Waals surface area (Å²) in [5.41, 5.74) is 17.7. The molecule has 0 radical (unpaired) electrons. The predicted molar refractivity (Wildman–Crippen MR) is 142 cm³/mol. The van der Waals surface area contributed by atoms with Crippen LogP contribution in [0.1, 0.15) is 37.7 Å². The number of hydrogen-bond acceptors (Lipinski definition) is 8. The molecule has 2 rings (SSSR count). The number of nitrogens with one attached hydrogen (secondary N) is 4. The van der Waals surface area contributed by atoms with Crippen LogP contribution in [-0.2, 0) is 30.4 Å². The van der Waals surface area contributed by atoms with Gasteiger partial charge in [-0.25, -0.2) is 4.79 Å². The van der Waals surface area contributed by atoms with Gasteiger partial charge in [-0.15, -0.1) is 0 Å². The van der Waals surface area contributed by atoms with Crippen LogP contribution in [0.25, 0.3) is 10.9 Å². The first kappa shape index (κ1) is 31.2. The van der Waals surface area contributed by atoms with Crippen molar-refractivity contribution in [2.75, 3.05) is 13.2 Å². The predicted octanol–water partition coefficient (Wildman–Crippen LogP) is -2.04. The maximum atomic E-state index is 13.3. The van der Waals surface area contributed by atoms with Crippen molar-refractivity contribution in [3.8, 4) is 0 Å². The zero-order chi connectivity index (χ0) is 28.9. The van der Waals surface area contributed by atoms with E-state index in [9.17, 15) is 29.1 Å². The van der Waals surface area contributed by atoms with Gasteiger partial charge in [0.05, 0.1) is 6.61 Å². The number of amides is 4. The largest absolute Gasteiger partial charge is 0.480 e. The number of para-hydroxylation sites is 1. The Labute approximate surface area is 225 Å². The topological polar surface area (TPSA) is 256 Å². The molecule has 14 nitrogen and oxygen atoms in total. The molecule has 1 heterocycles. The molecule has 14 heteroatoms. The van der Waals surface area contributed by atoms with Gasteiger partial charge in [-0.3, -0.25) is 19.2 Å². The number of carboxylic acid groups (broad SMARTS) is 1. The first-order chi connectivity index (χ1) is 18.6. The average Bonchev–Trinajstić information content (AvgIpc) is 3.31. The Morgan fingerprint density at radius 3 is 2.18 bits per heavy atom. The Balaban J connectivity index is 2.31. The summed E-state index contributed by atoms with van der Waals surface area (Å²) in [5, 5.41) is 27.0. The van der Waals surface area contributed by atoms with Crippen molar-refractivity contribution in [1.29, 1.82) is 0 Å². The number of carbonyl (C=O) groups excluding carboxylic acids is 4. The number of fused-ring (bicyclic) bond motifs is 1. The van der Waals surface area contributed by atoms with E-state index >= 15 is 0 Å². The lowest BCUT2D eigenvalue weighted by Gasteiger charge is -2.25. The molecular weight excluding hydrogens is 510 g/mol. The van der Waals surface area contributed by atoms with Gasteiger partial charge in [0.15, 0.2) is 0 Å². The second-order valence-electron chi connectivity index (χ2n) is 9.16. The van der Waals surface area contributed by atoms with Crippen LogP contribution in [0.15, 0.2) is 30.5 Å². The highest BCUT2D eigenvalue weighted by Crippen LogP contribution is 2.19. The fourth-order valence-corrected chi connectivity index (χ4v) is 3.94. The third kappa shape index (κ3) is 9.67. The smallest absolute Gasteiger partial charge is 0.326 e. The number of aliphatic hydroxyl groups is 1. The minimum Gasteiger partial charge on any atom is -0.480 e. The normalized spacial score (nSPS) is 14.1. The van der Waals surface area contributed by atoms with E-state index in [1.165, 1.54) is 0 Å². The molecule has 0 fully saturated rings. The fraction of sp³-hybridized carbons (Fsp3) is 0.480. The van der Waals surface area contributed by atoms with Crippen molar-refractivity contribution in [3.63, 3.8) is 0 Å². The second kappa shape index (κ2) is 15.4. The quantitative estimate of drug-likeness (QED) is 0.0987. The van der Waals surface area contributed by atoms with Crippen LogP contribution in [0.4, 0.5) is 0 Å². The van der Waals surface area contributed by atoms with E-state index in [2.05, 4.69) is 20.9 Å². The van der Waals surface area contributed by atoms with Crippen LogP contribution in [-0.4, -0.2) is 82.1 Å². The van der Waals surface area contributed by atoms with E-state index in [-0.39, 0.29) is 25.7 Å². The highest BCUT2D eigenvalue weighted by Gasteiger charge is 2.31. The van der Waals surface area contributed by atoms with E-state index in [0.29, 0.717) is 24.9 Å². The highest BCUT2D eigenvalue weighted by atomic mass is 16.4. The molecule has 214 valence electrons. The van der Waals surface area contributed by atoms with E-state index in [1.807, 2.05) is 24.3 Å². The van der Waals surface area contributed by atoms with Gasteiger partial charge in [0.25, 0.3) is 0 Å². The number of H-pyrrole nitrogens is 1. The highest BCUT2D eigenvalue weighted by molar-refractivity contribution is 5.95. The maximum Gasteiger partial charge on any atom is 0.326 e. The van der Waals surface area contributed by atoms with Gasteiger partial charge in [0.2, 0.25) is 23.6 Å². The Hall–Kier alpha value is -4.01. The SMILES string of the molecule is NCCCCC(NC(=O)C(Cc1c[nH]c2ccccc12)NC(=O)C(CCC(N)=O)NC(=O)C(N)CO)C(=O)O. The number of primary amides is 1. The molecule has 0 saturated heterocycles. The molecule has 0 aliphatic heterocycles. The molecular formula is C25H37N7O7. The summed E-state index contributed by atoms with van der Waals surface area (Å²) < 4.78 is 0. The van der Waals surface area contributed by atoms with Gasteiger partial charge < -0.3 is 48.3 Å². The lowest BCUT2D eigenvalue weighted by molar-refractivity contribution is -0.142. The molecule has 1 aromatic heterocycles. The molecule has 0 aliphatic rings. The summed E-state index contributed by atoms with van der Waals surface area (Å²) in [6.45, 7) is -0.305. The van der Waals surface area contributed by atoms with Crippen LogP contribution in [0.3, 0.4) is 0 Å². The van der Waals surface area contributed by atoms with E-state index in [4.69, 9.17) is 22.3 Å². The van der Waals surface area contributed by atoms with Gasteiger partial charge >= 0.3 is 5.97 Å². The monoisotopic (exact) mass is 547 g/mol. The summed E-state index contributed by atoms with van der Waals surface area (Å²) >= 11 is 0. The lowest BCUT2D eigenvalue weighted by Crippen LogP contribution is -2.58. The van der Waals surface area contributed by atoms with Gasteiger partial charge in [-0.2, -0.15) is 0 Å². The van der Waals surface area contributed by atoms with Crippen molar-refractivity contribution in [1.82, 2.24) is 20.9 Å². The standard InChI is InChI=1S/C25H37N7O7/c26-10-4-3-7-19(25(38)39)31-24(37)20(11-14-12-29-17-6-2-1-5-15(14)17)32-23(36)18(8-9-21(28)34)30-22(35)16(27)13-33/h1-2,5-6,12,16,18-20,29,33H,3-4,7-11,13,26-27H2,(H2,28,34)(H,30,35)(H,31,37)(H,32,36)(H,38,39). The number of aromatic nitrogens is 1. The van der Waals surface area contributed by atoms with Crippen LogP contribution < -0.4 is 33.2 Å². The first-order valence-electron chi connectivity index (χ1n) is 12.6. The number of carbonyl (C=O) groups is 5. The minimum absolute atomic E-state index is 0.0106. The Morgan fingerprint density at radius 1 is 0.897 bits per heavy atom. The van der Waals surface area contributed by atoms with Gasteiger partial charge in [0.1, 0.15) is 24.2 Å². The van der Waals surface area contributed by atoms with E-state index in [1.54, 1.807) is 6.20 Å². The number of benzene rings is 1. The van der Waals surface area contributed by atoms with Crippen molar-refractivity contribution in [2.24, 2.45) is 17.2 Å². The zero-order valence-corrected chi connectivity index (χ0v) is 21.5. The molecule has 1 aromatic carbocycles. The summed E-state index contributed by atoms with van der Waals surface area (Å²) in [6, 6.07) is 2.24. The zero-order valence-electron chi connectivity index (χ0n) is 21.5. The Morgan fingerprint density at radius 2 is 1.54 bits per heavy atom. The molecule has 4 amide bonds. The van der Waals surface area contributed by atoms with Crippen molar-refractivity contribution in [2.45, 2.75) is 62.7 Å². The molecule has 0 spiro atoms. The number of aromatic amines is 1. The summed E-state index contributed by atoms with van der Waals surface area (Å²) in [6.07, 6.45) is 2.41. The molecule has 0 saturated carbocycles. The van der Waals surface area contributed by atoms with Crippen molar-refractivity contribution >= 4 is 40.5 Å². The Bertz CT molecular complexity index is 1150. The van der Waals surface area contributed by atoms with Gasteiger partial charge in [-0.05, 0) is 43.9 Å². The number of unbranched alkanes of at least 4 members (excludes halogenated alkanes) is 1. The van der Waals surface area contributed by atoms with Crippen molar-refractivity contribution < 1.29 is 34.2 Å². The molecule has 12 N–H and O–H groups in total. The van der Waals surface area contributed by atoms with E-state index < -0.39 is 60.4 Å². The molecule has 2 aromatic rings. The third-order valence-corrected chi connectivity index (χ3v) is 6.14.